The largest absolute Gasteiger partial charge is 0.306 e. The van der Waals surface area contributed by atoms with Crippen LogP contribution < -0.4 is 5.56 Å². The number of aromatic amines is 1. The van der Waals surface area contributed by atoms with E-state index in [1.54, 1.807) is 0 Å². The van der Waals surface area contributed by atoms with Gasteiger partial charge in [-0.15, -0.1) is 0 Å². The number of benzene rings is 2. The minimum Gasteiger partial charge on any atom is -0.306 e. The number of nitrogens with zero attached hydrogens (tertiary/aromatic N) is 2. The molecule has 4 rings (SSSR count). The van der Waals surface area contributed by atoms with Crippen LogP contribution in [0.4, 0.5) is 0 Å². The topological polar surface area (TPSA) is 49.0 Å². The smallest absolute Gasteiger partial charge is 0.254 e. The summed E-state index contributed by atoms with van der Waals surface area (Å²) in [5, 5.41) is 0. The van der Waals surface area contributed by atoms with Crippen molar-refractivity contribution >= 4 is 15.9 Å². The quantitative estimate of drug-likeness (QED) is 0.734. The first-order valence-corrected chi connectivity index (χ1v) is 9.12. The van der Waals surface area contributed by atoms with Gasteiger partial charge in [0.05, 0.1) is 5.69 Å². The standard InChI is InChI=1S/C20H18BrN3O/c21-16-8-4-5-14(11-16)12-24-10-9-17-18(13-24)22-19(23-20(17)25)15-6-2-1-3-7-15/h1-8,11H,9-10,12-13H2,(H,22,23,25). The summed E-state index contributed by atoms with van der Waals surface area (Å²) < 4.78 is 1.09. The highest BCUT2D eigenvalue weighted by molar-refractivity contribution is 9.10. The Balaban J connectivity index is 1.61. The molecule has 0 saturated heterocycles. The summed E-state index contributed by atoms with van der Waals surface area (Å²) in [6, 6.07) is 18.1. The highest BCUT2D eigenvalue weighted by atomic mass is 79.9. The van der Waals surface area contributed by atoms with Gasteiger partial charge in [-0.3, -0.25) is 9.69 Å². The Morgan fingerprint density at radius 3 is 2.76 bits per heavy atom. The molecule has 0 saturated carbocycles. The van der Waals surface area contributed by atoms with Crippen molar-refractivity contribution in [3.8, 4) is 11.4 Å². The maximum Gasteiger partial charge on any atom is 0.254 e. The van der Waals surface area contributed by atoms with Gasteiger partial charge in [0.1, 0.15) is 5.82 Å². The van der Waals surface area contributed by atoms with Crippen LogP contribution in [0.25, 0.3) is 11.4 Å². The first-order chi connectivity index (χ1) is 12.2. The number of aromatic nitrogens is 2. The van der Waals surface area contributed by atoms with Gasteiger partial charge < -0.3 is 4.98 Å². The summed E-state index contributed by atoms with van der Waals surface area (Å²) in [7, 11) is 0. The lowest BCUT2D eigenvalue weighted by Crippen LogP contribution is -2.35. The molecule has 0 unspecified atom stereocenters. The summed E-state index contributed by atoms with van der Waals surface area (Å²) in [6.07, 6.45) is 0.737. The van der Waals surface area contributed by atoms with Crippen molar-refractivity contribution in [3.63, 3.8) is 0 Å². The van der Waals surface area contributed by atoms with Crippen molar-refractivity contribution in [1.29, 1.82) is 0 Å². The van der Waals surface area contributed by atoms with E-state index < -0.39 is 0 Å². The van der Waals surface area contributed by atoms with Crippen LogP contribution in [0, 0.1) is 0 Å². The van der Waals surface area contributed by atoms with Gasteiger partial charge in [0.15, 0.2) is 0 Å². The zero-order valence-electron chi connectivity index (χ0n) is 13.7. The molecule has 3 aromatic rings. The molecule has 0 atom stereocenters. The second-order valence-electron chi connectivity index (χ2n) is 6.30. The molecule has 0 spiro atoms. The van der Waals surface area contributed by atoms with E-state index in [0.717, 1.165) is 40.8 Å². The van der Waals surface area contributed by atoms with Crippen LogP contribution in [0.2, 0.25) is 0 Å². The summed E-state index contributed by atoms with van der Waals surface area (Å²) in [4.78, 5) is 22.5. The minimum absolute atomic E-state index is 0.00837. The van der Waals surface area contributed by atoms with Crippen molar-refractivity contribution in [3.05, 3.63) is 86.2 Å². The number of halogens is 1. The predicted molar refractivity (Wildman–Crippen MR) is 102 cm³/mol. The molecule has 1 N–H and O–H groups in total. The first-order valence-electron chi connectivity index (χ1n) is 8.33. The van der Waals surface area contributed by atoms with E-state index in [-0.39, 0.29) is 5.56 Å². The zero-order chi connectivity index (χ0) is 17.2. The summed E-state index contributed by atoms with van der Waals surface area (Å²) in [6.45, 7) is 2.43. The molecule has 126 valence electrons. The van der Waals surface area contributed by atoms with E-state index >= 15 is 0 Å². The number of fused-ring (bicyclic) bond motifs is 1. The van der Waals surface area contributed by atoms with Crippen molar-refractivity contribution in [2.75, 3.05) is 6.54 Å². The highest BCUT2D eigenvalue weighted by Gasteiger charge is 2.21. The van der Waals surface area contributed by atoms with Crippen LogP contribution in [-0.2, 0) is 19.5 Å². The third-order valence-electron chi connectivity index (χ3n) is 4.49. The average Bonchev–Trinajstić information content (AvgIpc) is 2.62. The zero-order valence-corrected chi connectivity index (χ0v) is 15.3. The summed E-state index contributed by atoms with van der Waals surface area (Å²) in [5.74, 6) is 0.647. The Bertz CT molecular complexity index is 953. The van der Waals surface area contributed by atoms with Gasteiger partial charge in [0.2, 0.25) is 0 Å². The van der Waals surface area contributed by atoms with Crippen molar-refractivity contribution in [2.24, 2.45) is 0 Å². The van der Waals surface area contributed by atoms with Gasteiger partial charge in [0.25, 0.3) is 5.56 Å². The Labute approximate surface area is 154 Å². The van der Waals surface area contributed by atoms with Crippen LogP contribution in [-0.4, -0.2) is 21.4 Å². The molecule has 0 bridgehead atoms. The third kappa shape index (κ3) is 3.57. The van der Waals surface area contributed by atoms with Gasteiger partial charge in [-0.25, -0.2) is 4.98 Å². The molecule has 5 heteroatoms. The van der Waals surface area contributed by atoms with Crippen LogP contribution in [0.3, 0.4) is 0 Å². The number of hydrogen-bond donors (Lipinski definition) is 1. The number of nitrogens with one attached hydrogen (secondary N) is 1. The molecule has 0 amide bonds. The summed E-state index contributed by atoms with van der Waals surface area (Å²) in [5.41, 5.74) is 3.90. The molecule has 2 aromatic carbocycles. The lowest BCUT2D eigenvalue weighted by atomic mass is 10.0. The van der Waals surface area contributed by atoms with Gasteiger partial charge in [-0.05, 0) is 24.1 Å². The predicted octanol–water partition coefficient (Wildman–Crippen LogP) is 3.76. The minimum atomic E-state index is -0.00837. The normalized spacial score (nSPS) is 14.3. The molecule has 1 aliphatic heterocycles. The van der Waals surface area contributed by atoms with Crippen LogP contribution in [0.1, 0.15) is 16.8 Å². The Hall–Kier alpha value is -2.24. The van der Waals surface area contributed by atoms with E-state index in [0.29, 0.717) is 12.4 Å². The number of rotatable bonds is 3. The Morgan fingerprint density at radius 1 is 1.12 bits per heavy atom. The molecule has 1 aromatic heterocycles. The van der Waals surface area contributed by atoms with Gasteiger partial charge in [-0.2, -0.15) is 0 Å². The maximum absolute atomic E-state index is 12.4. The van der Waals surface area contributed by atoms with E-state index in [1.807, 2.05) is 42.5 Å². The second kappa shape index (κ2) is 6.94. The molecular formula is C20H18BrN3O. The number of hydrogen-bond acceptors (Lipinski definition) is 3. The molecule has 0 aliphatic carbocycles. The van der Waals surface area contributed by atoms with Crippen LogP contribution in [0.5, 0.6) is 0 Å². The fourth-order valence-corrected chi connectivity index (χ4v) is 3.70. The molecule has 1 aliphatic rings. The first kappa shape index (κ1) is 16.2. The monoisotopic (exact) mass is 395 g/mol. The van der Waals surface area contributed by atoms with E-state index in [2.05, 4.69) is 37.9 Å². The molecule has 2 heterocycles. The molecule has 25 heavy (non-hydrogen) atoms. The lowest BCUT2D eigenvalue weighted by molar-refractivity contribution is 0.240. The fourth-order valence-electron chi connectivity index (χ4n) is 3.26. The Kier molecular flexibility index (Phi) is 4.51. The maximum atomic E-state index is 12.4. The summed E-state index contributed by atoms with van der Waals surface area (Å²) >= 11 is 3.52. The van der Waals surface area contributed by atoms with Crippen LogP contribution in [0.15, 0.2) is 63.9 Å². The average molecular weight is 396 g/mol. The van der Waals surface area contributed by atoms with Gasteiger partial charge in [-0.1, -0.05) is 58.4 Å². The molecular weight excluding hydrogens is 378 g/mol. The van der Waals surface area contributed by atoms with E-state index in [1.165, 1.54) is 5.56 Å². The third-order valence-corrected chi connectivity index (χ3v) is 4.99. The van der Waals surface area contributed by atoms with Crippen molar-refractivity contribution in [1.82, 2.24) is 14.9 Å². The SMILES string of the molecule is O=c1[nH]c(-c2ccccc2)nc2c1CCN(Cc1cccc(Br)c1)C2. The number of H-pyrrole nitrogens is 1. The fraction of sp³-hybridized carbons (Fsp3) is 0.200. The molecule has 4 nitrogen and oxygen atoms in total. The van der Waals surface area contributed by atoms with E-state index in [4.69, 9.17) is 4.98 Å². The van der Waals surface area contributed by atoms with Crippen molar-refractivity contribution < 1.29 is 0 Å². The second-order valence-corrected chi connectivity index (χ2v) is 7.21. The lowest BCUT2D eigenvalue weighted by Gasteiger charge is -2.27. The van der Waals surface area contributed by atoms with Gasteiger partial charge in [0, 0.05) is 35.2 Å². The Morgan fingerprint density at radius 2 is 1.96 bits per heavy atom. The van der Waals surface area contributed by atoms with Crippen LogP contribution >= 0.6 is 15.9 Å². The van der Waals surface area contributed by atoms with E-state index in [9.17, 15) is 4.79 Å². The van der Waals surface area contributed by atoms with Gasteiger partial charge >= 0.3 is 0 Å². The van der Waals surface area contributed by atoms with Crippen molar-refractivity contribution in [2.45, 2.75) is 19.5 Å². The molecule has 0 fully saturated rings. The molecule has 0 radical (unpaired) electrons. The highest BCUT2D eigenvalue weighted by Crippen LogP contribution is 2.21.